The van der Waals surface area contributed by atoms with Crippen molar-refractivity contribution in [3.8, 4) is 0 Å². The number of aliphatic hydroxyl groups is 7. The Balaban J connectivity index is 0.00000264. The third-order valence-electron chi connectivity index (χ3n) is 3.77. The minimum atomic E-state index is -1.64. The summed E-state index contributed by atoms with van der Waals surface area (Å²) < 4.78 is 14.7. The first-order valence-electron chi connectivity index (χ1n) is 6.82. The molecule has 0 amide bonds. The van der Waals surface area contributed by atoms with E-state index >= 15 is 0 Å². The van der Waals surface area contributed by atoms with Crippen LogP contribution in [-0.4, -0.2) is 126 Å². The summed E-state index contributed by atoms with van der Waals surface area (Å²) in [6.45, 7) is -1.09. The van der Waals surface area contributed by atoms with E-state index in [1.54, 1.807) is 0 Å². The van der Waals surface area contributed by atoms with Crippen molar-refractivity contribution in [1.82, 2.24) is 0 Å². The summed E-state index contributed by atoms with van der Waals surface area (Å²) in [6.07, 6.45) is -10.8. The van der Waals surface area contributed by atoms with E-state index in [-0.39, 0.29) is 5.48 Å². The Morgan fingerprint density at radius 2 is 1.43 bits per heavy atom. The van der Waals surface area contributed by atoms with Gasteiger partial charge in [-0.25, -0.2) is 0 Å². The fourth-order valence-corrected chi connectivity index (χ4v) is 4.47. The van der Waals surface area contributed by atoms with E-state index in [1.807, 2.05) is 0 Å². The van der Waals surface area contributed by atoms with Gasteiger partial charge in [-0.3, -0.25) is 0 Å². The van der Waals surface area contributed by atoms with E-state index in [0.717, 1.165) is 0 Å². The summed E-state index contributed by atoms with van der Waals surface area (Å²) in [5.41, 5.74) is 0. The van der Waals surface area contributed by atoms with Crippen LogP contribution >= 0.6 is 0 Å². The third-order valence-corrected chi connectivity index (χ3v) is 6.24. The quantitative estimate of drug-likeness (QED) is 0.223. The van der Waals surface area contributed by atoms with Crippen LogP contribution in [0.2, 0.25) is 0 Å². The Kier molecular flexibility index (Phi) is 8.36. The Labute approximate surface area is 139 Å². The molecule has 9 atom stereocenters. The summed E-state index contributed by atoms with van der Waals surface area (Å²) in [6, 6.07) is 0. The van der Waals surface area contributed by atoms with Crippen molar-refractivity contribution in [2.45, 2.75) is 53.7 Å². The molecule has 1 radical (unpaired) electrons. The molecule has 0 aromatic carbocycles. The molecule has 0 spiro atoms. The molecule has 0 bridgehead atoms. The van der Waals surface area contributed by atoms with Gasteiger partial charge in [-0.2, -0.15) is 0 Å². The van der Waals surface area contributed by atoms with Gasteiger partial charge in [0.15, 0.2) is 0 Å². The molecule has 2 rings (SSSR count). The minimum absolute atomic E-state index is 0. The second-order valence-corrected chi connectivity index (χ2v) is 7.85. The average Bonchev–Trinajstić information content (AvgIpc) is 2.52. The van der Waals surface area contributed by atoms with Gasteiger partial charge in [-0.1, -0.05) is 0 Å². The van der Waals surface area contributed by atoms with Crippen molar-refractivity contribution in [1.29, 1.82) is 0 Å². The van der Waals surface area contributed by atoms with Gasteiger partial charge in [0.2, 0.25) is 0 Å². The van der Waals surface area contributed by atoms with Gasteiger partial charge in [-0.15, -0.1) is 0 Å². The standard InChI is InChI=1S/C11H20O10.Ga.H2O/c12-1-4(15)10(5(16)2-13)21-11-9(19)8(18)7(17)6(3-14)20-11;;/h1,4-15,17-19H,2-3H2;;1H2/q-1;+1;/t4-,5-,6-,7+,8+,9-,10+,11+;;/m1../s1. The zero-order valence-electron chi connectivity index (χ0n) is 12.0. The molecule has 2 heterocycles. The van der Waals surface area contributed by atoms with Crippen molar-refractivity contribution in [3.05, 3.63) is 0 Å². The van der Waals surface area contributed by atoms with E-state index in [2.05, 4.69) is 0 Å². The van der Waals surface area contributed by atoms with Crippen LogP contribution in [0.4, 0.5) is 0 Å². The van der Waals surface area contributed by atoms with Gasteiger partial charge in [0.1, 0.15) is 0 Å². The average molecular weight is 400 g/mol. The molecule has 2 saturated heterocycles. The molecule has 0 aliphatic carbocycles. The summed E-state index contributed by atoms with van der Waals surface area (Å²) in [5, 5.41) is 67.2. The summed E-state index contributed by atoms with van der Waals surface area (Å²) in [5.74, 6) is 0. The summed E-state index contributed by atoms with van der Waals surface area (Å²) >= 11 is -1.61. The SMILES string of the molecule is O.OC[C@H]1O[C@@H](O[C@H]2[C@H](O)[C@@H](O)[Ga][O][C@@H]2CO)[C@H](O)[C@@H](O)[C@H]1O. The number of aliphatic hydroxyl groups excluding tert-OH is 7. The van der Waals surface area contributed by atoms with E-state index in [9.17, 15) is 30.6 Å². The molecule has 2 fully saturated rings. The van der Waals surface area contributed by atoms with Gasteiger partial charge >= 0.3 is 133 Å². The van der Waals surface area contributed by atoms with Crippen molar-refractivity contribution in [3.63, 3.8) is 0 Å². The van der Waals surface area contributed by atoms with Crippen LogP contribution < -0.4 is 0 Å². The van der Waals surface area contributed by atoms with Crippen LogP contribution in [0.3, 0.4) is 0 Å². The van der Waals surface area contributed by atoms with Crippen LogP contribution in [0.1, 0.15) is 0 Å². The van der Waals surface area contributed by atoms with Crippen LogP contribution in [-0.2, 0) is 13.0 Å². The normalized spacial score (nSPS) is 47.5. The fraction of sp³-hybridized carbons (Fsp3) is 1.00. The number of ether oxygens (including phenoxy) is 2. The van der Waals surface area contributed by atoms with Crippen molar-refractivity contribution in [2.24, 2.45) is 0 Å². The van der Waals surface area contributed by atoms with E-state index in [4.69, 9.17) is 18.1 Å². The molecule has 23 heavy (non-hydrogen) atoms. The Morgan fingerprint density at radius 1 is 0.826 bits per heavy atom. The van der Waals surface area contributed by atoms with Crippen LogP contribution in [0.25, 0.3) is 0 Å². The van der Waals surface area contributed by atoms with Gasteiger partial charge < -0.3 is 5.48 Å². The summed E-state index contributed by atoms with van der Waals surface area (Å²) in [7, 11) is 0. The second-order valence-electron chi connectivity index (χ2n) is 5.27. The third kappa shape index (κ3) is 4.43. The topological polar surface area (TPSA) is 201 Å². The summed E-state index contributed by atoms with van der Waals surface area (Å²) in [4.78, 5) is 0. The first-order valence-corrected chi connectivity index (χ1v) is 9.21. The number of hydrogen-bond acceptors (Lipinski definition) is 10. The maximum atomic E-state index is 9.97. The van der Waals surface area contributed by atoms with Gasteiger partial charge in [0.25, 0.3) is 0 Å². The van der Waals surface area contributed by atoms with E-state index < -0.39 is 84.7 Å². The van der Waals surface area contributed by atoms with Gasteiger partial charge in [-0.05, 0) is 0 Å². The number of rotatable bonds is 4. The molecule has 2 aliphatic rings. The zero-order chi connectivity index (χ0) is 16.4. The van der Waals surface area contributed by atoms with Crippen molar-refractivity contribution >= 4 is 17.8 Å². The van der Waals surface area contributed by atoms with E-state index in [0.29, 0.717) is 0 Å². The molecule has 135 valence electrons. The molecule has 9 N–H and O–H groups in total. The first kappa shape index (κ1) is 21.2. The monoisotopic (exact) mass is 399 g/mol. The molecule has 2 aliphatic heterocycles. The van der Waals surface area contributed by atoms with Crippen LogP contribution in [0, 0.1) is 0 Å². The van der Waals surface area contributed by atoms with Crippen LogP contribution in [0.15, 0.2) is 0 Å². The molecule has 0 aromatic heterocycles. The second kappa shape index (κ2) is 9.05. The maximum absolute atomic E-state index is 9.97. The molecule has 0 unspecified atom stereocenters. The van der Waals surface area contributed by atoms with E-state index in [1.165, 1.54) is 0 Å². The van der Waals surface area contributed by atoms with Crippen molar-refractivity contribution in [2.75, 3.05) is 13.2 Å². The molecular weight excluding hydrogens is 378 g/mol. The molecule has 0 saturated carbocycles. The van der Waals surface area contributed by atoms with Crippen molar-refractivity contribution < 1.29 is 54.2 Å². The molecule has 12 heteroatoms. The fourth-order valence-electron chi connectivity index (χ4n) is 2.40. The Morgan fingerprint density at radius 3 is 2.00 bits per heavy atom. The predicted octanol–water partition coefficient (Wildman–Crippen LogP) is -5.96. The molecular formula is C11H22GaO11. The Hall–Kier alpha value is 0.196. The molecule has 11 nitrogen and oxygen atoms in total. The number of hydrogen-bond donors (Lipinski definition) is 7. The van der Waals surface area contributed by atoms with Gasteiger partial charge in [0, 0.05) is 0 Å². The predicted molar refractivity (Wildman–Crippen MR) is 72.0 cm³/mol. The zero-order valence-corrected chi connectivity index (χ0v) is 14.5. The van der Waals surface area contributed by atoms with Crippen LogP contribution in [0.5, 0.6) is 0 Å². The molecule has 0 aromatic rings. The van der Waals surface area contributed by atoms with Gasteiger partial charge in [0.05, 0.1) is 0 Å². The Bertz CT molecular complexity index is 357. The first-order chi connectivity index (χ1) is 10.4.